The minimum atomic E-state index is -0.0941. The lowest BCUT2D eigenvalue weighted by Gasteiger charge is -2.31. The Kier molecular flexibility index (Phi) is 5.65. The first-order valence-corrected chi connectivity index (χ1v) is 10.2. The molecule has 2 aliphatic rings. The van der Waals surface area contributed by atoms with Gasteiger partial charge in [0.05, 0.1) is 6.26 Å². The van der Waals surface area contributed by atoms with Gasteiger partial charge < -0.3 is 19.5 Å². The normalized spacial score (nSPS) is 17.7. The van der Waals surface area contributed by atoms with Gasteiger partial charge in [-0.2, -0.15) is 0 Å². The molecule has 148 valence electrons. The van der Waals surface area contributed by atoms with E-state index in [1.165, 1.54) is 30.4 Å². The predicted molar refractivity (Wildman–Crippen MR) is 107 cm³/mol. The highest BCUT2D eigenvalue weighted by Crippen LogP contribution is 2.25. The molecule has 1 aromatic carbocycles. The van der Waals surface area contributed by atoms with Crippen LogP contribution in [0.1, 0.15) is 41.8 Å². The summed E-state index contributed by atoms with van der Waals surface area (Å²) in [6, 6.07) is 11.7. The van der Waals surface area contributed by atoms with Crippen LogP contribution in [0.2, 0.25) is 0 Å². The molecule has 2 amide bonds. The van der Waals surface area contributed by atoms with Crippen molar-refractivity contribution >= 4 is 17.5 Å². The summed E-state index contributed by atoms with van der Waals surface area (Å²) in [7, 11) is 0. The van der Waals surface area contributed by atoms with Gasteiger partial charge in [-0.1, -0.05) is 18.2 Å². The maximum atomic E-state index is 12.7. The number of furan rings is 1. The Labute approximate surface area is 165 Å². The van der Waals surface area contributed by atoms with Crippen LogP contribution in [0.3, 0.4) is 0 Å². The number of hydrogen-bond donors (Lipinski definition) is 1. The van der Waals surface area contributed by atoms with Crippen molar-refractivity contribution in [3.05, 3.63) is 54.0 Å². The number of nitrogens with zero attached hydrogens (tertiary/aromatic N) is 2. The highest BCUT2D eigenvalue weighted by molar-refractivity contribution is 5.91. The Balaban J connectivity index is 1.29. The van der Waals surface area contributed by atoms with Crippen LogP contribution < -0.4 is 10.2 Å². The third-order valence-corrected chi connectivity index (χ3v) is 5.78. The second-order valence-corrected chi connectivity index (χ2v) is 7.58. The van der Waals surface area contributed by atoms with Crippen LogP contribution >= 0.6 is 0 Å². The average Bonchev–Trinajstić information content (AvgIpc) is 3.46. The number of amides is 2. The van der Waals surface area contributed by atoms with Gasteiger partial charge in [-0.3, -0.25) is 9.59 Å². The lowest BCUT2D eigenvalue weighted by molar-refractivity contribution is -0.126. The number of carbonyl (C=O) groups is 2. The fourth-order valence-electron chi connectivity index (χ4n) is 4.15. The number of hydrogen-bond acceptors (Lipinski definition) is 4. The SMILES string of the molecule is O=C(NCc1ccccc1N1CCCC1)C1CCN(C(=O)c2ccco2)CC1. The summed E-state index contributed by atoms with van der Waals surface area (Å²) in [5, 5.41) is 3.12. The number of rotatable bonds is 5. The zero-order chi connectivity index (χ0) is 19.3. The van der Waals surface area contributed by atoms with Crippen LogP contribution in [0.4, 0.5) is 5.69 Å². The molecule has 4 rings (SSSR count). The molecule has 2 aromatic rings. The van der Waals surface area contributed by atoms with Crippen molar-refractivity contribution < 1.29 is 14.0 Å². The van der Waals surface area contributed by atoms with E-state index in [0.717, 1.165) is 13.1 Å². The van der Waals surface area contributed by atoms with Crippen molar-refractivity contribution in [3.8, 4) is 0 Å². The quantitative estimate of drug-likeness (QED) is 0.865. The maximum Gasteiger partial charge on any atom is 0.289 e. The number of nitrogens with one attached hydrogen (secondary N) is 1. The van der Waals surface area contributed by atoms with Gasteiger partial charge in [0.25, 0.3) is 5.91 Å². The van der Waals surface area contributed by atoms with E-state index in [4.69, 9.17) is 4.42 Å². The Hall–Kier alpha value is -2.76. The molecule has 6 nitrogen and oxygen atoms in total. The number of piperidine rings is 1. The van der Waals surface area contributed by atoms with Gasteiger partial charge >= 0.3 is 0 Å². The molecule has 0 saturated carbocycles. The van der Waals surface area contributed by atoms with Crippen molar-refractivity contribution in [2.45, 2.75) is 32.2 Å². The third kappa shape index (κ3) is 4.06. The second kappa shape index (κ2) is 8.50. The van der Waals surface area contributed by atoms with Gasteiger partial charge in [-0.15, -0.1) is 0 Å². The highest BCUT2D eigenvalue weighted by Gasteiger charge is 2.28. The van der Waals surface area contributed by atoms with E-state index < -0.39 is 0 Å². The molecular weight excluding hydrogens is 354 g/mol. The molecule has 1 N–H and O–H groups in total. The van der Waals surface area contributed by atoms with Crippen molar-refractivity contribution in [2.24, 2.45) is 5.92 Å². The standard InChI is InChI=1S/C22H27N3O3/c26-21(17-9-13-25(14-10-17)22(27)20-8-5-15-28-20)23-16-18-6-1-2-7-19(18)24-11-3-4-12-24/h1-2,5-8,15,17H,3-4,9-14,16H2,(H,23,26). The average molecular weight is 381 g/mol. The predicted octanol–water partition coefficient (Wildman–Crippen LogP) is 3.05. The molecule has 0 spiro atoms. The second-order valence-electron chi connectivity index (χ2n) is 7.58. The smallest absolute Gasteiger partial charge is 0.289 e. The molecule has 6 heteroatoms. The largest absolute Gasteiger partial charge is 0.459 e. The van der Waals surface area contributed by atoms with Crippen LogP contribution in [0, 0.1) is 5.92 Å². The number of para-hydroxylation sites is 1. The van der Waals surface area contributed by atoms with Gasteiger partial charge in [0, 0.05) is 44.3 Å². The van der Waals surface area contributed by atoms with Crippen LogP contribution in [-0.2, 0) is 11.3 Å². The van der Waals surface area contributed by atoms with E-state index >= 15 is 0 Å². The molecule has 2 fully saturated rings. The van der Waals surface area contributed by atoms with Crippen molar-refractivity contribution in [1.29, 1.82) is 0 Å². The third-order valence-electron chi connectivity index (χ3n) is 5.78. The van der Waals surface area contributed by atoms with Crippen LogP contribution in [0.5, 0.6) is 0 Å². The van der Waals surface area contributed by atoms with Crippen molar-refractivity contribution in [2.75, 3.05) is 31.1 Å². The fourth-order valence-corrected chi connectivity index (χ4v) is 4.15. The minimum Gasteiger partial charge on any atom is -0.459 e. The van der Waals surface area contributed by atoms with Crippen LogP contribution in [-0.4, -0.2) is 42.9 Å². The first-order chi connectivity index (χ1) is 13.7. The van der Waals surface area contributed by atoms with E-state index in [-0.39, 0.29) is 17.7 Å². The molecule has 0 atom stereocenters. The zero-order valence-corrected chi connectivity index (χ0v) is 16.1. The zero-order valence-electron chi connectivity index (χ0n) is 16.1. The Bertz CT molecular complexity index is 804. The molecule has 0 radical (unpaired) electrons. The molecule has 3 heterocycles. The van der Waals surface area contributed by atoms with Crippen LogP contribution in [0.25, 0.3) is 0 Å². The summed E-state index contributed by atoms with van der Waals surface area (Å²) >= 11 is 0. The Morgan fingerprint density at radius 3 is 2.46 bits per heavy atom. The summed E-state index contributed by atoms with van der Waals surface area (Å²) in [6.07, 6.45) is 5.34. The lowest BCUT2D eigenvalue weighted by atomic mass is 9.95. The van der Waals surface area contributed by atoms with E-state index in [2.05, 4.69) is 28.4 Å². The maximum absolute atomic E-state index is 12.7. The number of likely N-dealkylation sites (tertiary alicyclic amines) is 1. The molecule has 0 unspecified atom stereocenters. The van der Waals surface area contributed by atoms with E-state index in [1.807, 2.05) is 6.07 Å². The molecular formula is C22H27N3O3. The van der Waals surface area contributed by atoms with Gasteiger partial charge in [-0.05, 0) is 49.4 Å². The summed E-state index contributed by atoms with van der Waals surface area (Å²) in [6.45, 7) is 3.90. The van der Waals surface area contributed by atoms with Crippen LogP contribution in [0.15, 0.2) is 47.1 Å². The monoisotopic (exact) mass is 381 g/mol. The molecule has 2 aliphatic heterocycles. The van der Waals surface area contributed by atoms with Crippen molar-refractivity contribution in [1.82, 2.24) is 10.2 Å². The topological polar surface area (TPSA) is 65.8 Å². The molecule has 0 aliphatic carbocycles. The number of carbonyl (C=O) groups excluding carboxylic acids is 2. The highest BCUT2D eigenvalue weighted by atomic mass is 16.3. The fraction of sp³-hybridized carbons (Fsp3) is 0.455. The summed E-state index contributed by atoms with van der Waals surface area (Å²) in [5.74, 6) is 0.311. The van der Waals surface area contributed by atoms with Crippen molar-refractivity contribution in [3.63, 3.8) is 0 Å². The Morgan fingerprint density at radius 2 is 1.75 bits per heavy atom. The molecule has 2 saturated heterocycles. The Morgan fingerprint density at radius 1 is 1.00 bits per heavy atom. The first-order valence-electron chi connectivity index (χ1n) is 10.2. The van der Waals surface area contributed by atoms with E-state index in [0.29, 0.717) is 38.2 Å². The first kappa shape index (κ1) is 18.6. The minimum absolute atomic E-state index is 0.0420. The lowest BCUT2D eigenvalue weighted by Crippen LogP contribution is -2.42. The van der Waals surface area contributed by atoms with E-state index in [1.54, 1.807) is 17.0 Å². The molecule has 1 aromatic heterocycles. The van der Waals surface area contributed by atoms with Gasteiger partial charge in [-0.25, -0.2) is 0 Å². The van der Waals surface area contributed by atoms with Gasteiger partial charge in [0.15, 0.2) is 5.76 Å². The summed E-state index contributed by atoms with van der Waals surface area (Å²) in [4.78, 5) is 29.2. The van der Waals surface area contributed by atoms with Gasteiger partial charge in [0.1, 0.15) is 0 Å². The number of anilines is 1. The summed E-state index contributed by atoms with van der Waals surface area (Å²) in [5.41, 5.74) is 2.40. The van der Waals surface area contributed by atoms with Gasteiger partial charge in [0.2, 0.25) is 5.91 Å². The van der Waals surface area contributed by atoms with E-state index in [9.17, 15) is 9.59 Å². The molecule has 0 bridgehead atoms. The molecule has 28 heavy (non-hydrogen) atoms. The summed E-state index contributed by atoms with van der Waals surface area (Å²) < 4.78 is 5.19. The number of benzene rings is 1.